The summed E-state index contributed by atoms with van der Waals surface area (Å²) < 4.78 is 45.2. The van der Waals surface area contributed by atoms with Crippen LogP contribution in [0.3, 0.4) is 0 Å². The molecule has 1 amide bonds. The lowest BCUT2D eigenvalue weighted by molar-refractivity contribution is -0.148. The number of halogens is 3. The molecular formula is C16H19F3N6O4. The number of alkyl halides is 3. The predicted octanol–water partition coefficient (Wildman–Crippen LogP) is 1.32. The summed E-state index contributed by atoms with van der Waals surface area (Å²) in [7, 11) is 0. The average Bonchev–Trinajstić information content (AvgIpc) is 3.27. The Morgan fingerprint density at radius 1 is 1.31 bits per heavy atom. The molecule has 0 saturated carbocycles. The number of amides is 1. The Hall–Kier alpha value is -2.83. The van der Waals surface area contributed by atoms with Crippen LogP contribution in [0.4, 0.5) is 18.0 Å². The van der Waals surface area contributed by atoms with Gasteiger partial charge in [-0.05, 0) is 12.8 Å². The van der Waals surface area contributed by atoms with Crippen LogP contribution in [0.1, 0.15) is 36.2 Å². The van der Waals surface area contributed by atoms with Crippen molar-refractivity contribution in [2.75, 3.05) is 19.6 Å². The molecule has 2 aliphatic rings. The molecule has 1 fully saturated rings. The Balaban J connectivity index is 1.48. The second kappa shape index (κ2) is 7.21. The van der Waals surface area contributed by atoms with E-state index in [1.165, 1.54) is 11.0 Å². The zero-order chi connectivity index (χ0) is 20.8. The molecule has 29 heavy (non-hydrogen) atoms. The van der Waals surface area contributed by atoms with Crippen molar-refractivity contribution in [1.29, 1.82) is 0 Å². The Morgan fingerprint density at radius 3 is 2.76 bits per heavy atom. The highest BCUT2D eigenvalue weighted by molar-refractivity contribution is 5.65. The molecule has 4 rings (SSSR count). The minimum Gasteiger partial charge on any atom is -0.465 e. The molecule has 0 aliphatic carbocycles. The standard InChI is InChI=1S/C16H19F3N6O4/c17-16(18,19)14-21-20-12-8-23(3-4-25(12)14)7-10-5-9(1-2-24(10)15(27)28)11-6-13(26)22-29-11/h6,9-10H,1-5,7-8H2,(H,22,26)(H,27,28). The number of nitrogens with zero attached hydrogens (tertiary/aromatic N) is 5. The van der Waals surface area contributed by atoms with Crippen LogP contribution in [0, 0.1) is 0 Å². The Kier molecular flexibility index (Phi) is 4.84. The zero-order valence-corrected chi connectivity index (χ0v) is 15.2. The SMILES string of the molecule is O=C(O)N1CCC(c2cc(=O)[nH]o2)CC1CN1CCn2c(nnc2C(F)(F)F)C1. The van der Waals surface area contributed by atoms with E-state index in [1.54, 1.807) is 0 Å². The van der Waals surface area contributed by atoms with Gasteiger partial charge in [-0.25, -0.2) is 4.79 Å². The van der Waals surface area contributed by atoms with E-state index in [0.29, 0.717) is 31.7 Å². The lowest BCUT2D eigenvalue weighted by Crippen LogP contribution is -2.51. The number of piperidine rings is 1. The average molecular weight is 416 g/mol. The van der Waals surface area contributed by atoms with Crippen molar-refractivity contribution >= 4 is 6.09 Å². The van der Waals surface area contributed by atoms with Gasteiger partial charge in [0.15, 0.2) is 0 Å². The number of aromatic nitrogens is 4. The van der Waals surface area contributed by atoms with Gasteiger partial charge < -0.3 is 19.1 Å². The van der Waals surface area contributed by atoms with E-state index < -0.39 is 18.1 Å². The summed E-state index contributed by atoms with van der Waals surface area (Å²) >= 11 is 0. The maximum Gasteiger partial charge on any atom is 0.451 e. The van der Waals surface area contributed by atoms with Crippen molar-refractivity contribution in [1.82, 2.24) is 29.7 Å². The van der Waals surface area contributed by atoms with Crippen LogP contribution in [0.2, 0.25) is 0 Å². The van der Waals surface area contributed by atoms with Gasteiger partial charge in [-0.3, -0.25) is 9.69 Å². The van der Waals surface area contributed by atoms with Gasteiger partial charge in [0.05, 0.1) is 6.54 Å². The highest BCUT2D eigenvalue weighted by Crippen LogP contribution is 2.33. The molecule has 2 atom stereocenters. The predicted molar refractivity (Wildman–Crippen MR) is 90.1 cm³/mol. The molecule has 4 heterocycles. The number of carbonyl (C=O) groups is 1. The topological polar surface area (TPSA) is 120 Å². The molecule has 1 saturated heterocycles. The third kappa shape index (κ3) is 3.86. The fourth-order valence-corrected chi connectivity index (χ4v) is 4.10. The summed E-state index contributed by atoms with van der Waals surface area (Å²) in [5, 5.41) is 18.7. The van der Waals surface area contributed by atoms with E-state index in [4.69, 9.17) is 4.52 Å². The number of likely N-dealkylation sites (tertiary alicyclic amines) is 1. The molecule has 0 spiro atoms. The first kappa shape index (κ1) is 19.5. The first-order chi connectivity index (χ1) is 13.7. The van der Waals surface area contributed by atoms with Gasteiger partial charge in [-0.1, -0.05) is 0 Å². The maximum absolute atomic E-state index is 13.0. The van der Waals surface area contributed by atoms with Crippen molar-refractivity contribution < 1.29 is 27.6 Å². The highest BCUT2D eigenvalue weighted by atomic mass is 19.4. The summed E-state index contributed by atoms with van der Waals surface area (Å²) in [6.45, 7) is 1.17. The Bertz CT molecular complexity index is 951. The fourth-order valence-electron chi connectivity index (χ4n) is 4.10. The molecule has 2 aliphatic heterocycles. The molecular weight excluding hydrogens is 397 g/mol. The molecule has 2 unspecified atom stereocenters. The third-order valence-corrected chi connectivity index (χ3v) is 5.46. The van der Waals surface area contributed by atoms with Gasteiger partial charge in [-0.15, -0.1) is 10.2 Å². The summed E-state index contributed by atoms with van der Waals surface area (Å²) in [5.41, 5.74) is -0.354. The second-order valence-electron chi connectivity index (χ2n) is 7.29. The van der Waals surface area contributed by atoms with E-state index >= 15 is 0 Å². The summed E-state index contributed by atoms with van der Waals surface area (Å²) in [5.74, 6) is -0.438. The lowest BCUT2D eigenvalue weighted by atomic mass is 9.88. The van der Waals surface area contributed by atoms with E-state index in [9.17, 15) is 27.9 Å². The van der Waals surface area contributed by atoms with Gasteiger partial charge in [-0.2, -0.15) is 18.3 Å². The molecule has 2 aromatic rings. The quantitative estimate of drug-likeness (QED) is 0.774. The molecule has 0 aromatic carbocycles. The minimum atomic E-state index is -4.56. The van der Waals surface area contributed by atoms with Gasteiger partial charge in [0.1, 0.15) is 11.6 Å². The van der Waals surface area contributed by atoms with Crippen molar-refractivity contribution in [3.63, 3.8) is 0 Å². The van der Waals surface area contributed by atoms with E-state index in [0.717, 1.165) is 4.57 Å². The second-order valence-corrected chi connectivity index (χ2v) is 7.29. The van der Waals surface area contributed by atoms with Crippen molar-refractivity contribution in [3.05, 3.63) is 33.8 Å². The van der Waals surface area contributed by atoms with E-state index in [-0.39, 0.29) is 43.0 Å². The highest BCUT2D eigenvalue weighted by Gasteiger charge is 2.40. The number of carboxylic acid groups (broad SMARTS) is 1. The molecule has 2 aromatic heterocycles. The van der Waals surface area contributed by atoms with Crippen molar-refractivity contribution in [3.8, 4) is 0 Å². The largest absolute Gasteiger partial charge is 0.465 e. The number of aromatic amines is 1. The smallest absolute Gasteiger partial charge is 0.451 e. The van der Waals surface area contributed by atoms with Crippen LogP contribution in [0.15, 0.2) is 15.4 Å². The van der Waals surface area contributed by atoms with Gasteiger partial charge in [0.25, 0.3) is 5.56 Å². The maximum atomic E-state index is 13.0. The van der Waals surface area contributed by atoms with Crippen LogP contribution in [0.5, 0.6) is 0 Å². The number of H-pyrrole nitrogens is 1. The summed E-state index contributed by atoms with van der Waals surface area (Å²) in [6, 6.07) is 0.975. The molecule has 0 radical (unpaired) electrons. The third-order valence-electron chi connectivity index (χ3n) is 5.46. The van der Waals surface area contributed by atoms with Crippen LogP contribution in [-0.2, 0) is 19.3 Å². The summed E-state index contributed by atoms with van der Waals surface area (Å²) in [4.78, 5) is 26.2. The Morgan fingerprint density at radius 2 is 2.10 bits per heavy atom. The van der Waals surface area contributed by atoms with E-state index in [1.807, 2.05) is 4.90 Å². The number of fused-ring (bicyclic) bond motifs is 1. The van der Waals surface area contributed by atoms with Crippen molar-refractivity contribution in [2.45, 2.75) is 44.1 Å². The zero-order valence-electron chi connectivity index (χ0n) is 15.2. The Labute approximate surface area is 161 Å². The van der Waals surface area contributed by atoms with Gasteiger partial charge >= 0.3 is 12.3 Å². The van der Waals surface area contributed by atoms with Crippen LogP contribution < -0.4 is 5.56 Å². The molecule has 10 nitrogen and oxygen atoms in total. The molecule has 13 heteroatoms. The van der Waals surface area contributed by atoms with Crippen LogP contribution in [0.25, 0.3) is 0 Å². The molecule has 0 bridgehead atoms. The van der Waals surface area contributed by atoms with E-state index in [2.05, 4.69) is 15.4 Å². The van der Waals surface area contributed by atoms with Crippen LogP contribution in [-0.4, -0.2) is 66.6 Å². The minimum absolute atomic E-state index is 0.0765. The molecule has 2 N–H and O–H groups in total. The number of rotatable bonds is 3. The lowest BCUT2D eigenvalue weighted by Gasteiger charge is -2.40. The normalized spacial score (nSPS) is 23.2. The fraction of sp³-hybridized carbons (Fsp3) is 0.625. The molecule has 158 valence electrons. The summed E-state index contributed by atoms with van der Waals surface area (Å²) in [6.07, 6.45) is -4.65. The van der Waals surface area contributed by atoms with Gasteiger partial charge in [0.2, 0.25) is 5.82 Å². The van der Waals surface area contributed by atoms with Crippen molar-refractivity contribution in [2.24, 2.45) is 0 Å². The monoisotopic (exact) mass is 416 g/mol. The number of nitrogens with one attached hydrogen (secondary N) is 1. The van der Waals surface area contributed by atoms with Crippen LogP contribution >= 0.6 is 0 Å². The number of hydrogen-bond donors (Lipinski definition) is 2. The number of hydrogen-bond acceptors (Lipinski definition) is 6. The first-order valence-electron chi connectivity index (χ1n) is 9.12. The first-order valence-corrected chi connectivity index (χ1v) is 9.12. The van der Waals surface area contributed by atoms with Gasteiger partial charge in [0, 0.05) is 44.2 Å².